The Hall–Kier alpha value is -2.73. The topological polar surface area (TPSA) is 64.1 Å². The fourth-order valence-corrected chi connectivity index (χ4v) is 3.90. The van der Waals surface area contributed by atoms with Crippen LogP contribution >= 0.6 is 11.3 Å². The smallest absolute Gasteiger partial charge is 0.232 e. The number of fused-ring (bicyclic) bond motifs is 2. The van der Waals surface area contributed by atoms with Gasteiger partial charge < -0.3 is 10.1 Å². The molecule has 0 radical (unpaired) electrons. The summed E-state index contributed by atoms with van der Waals surface area (Å²) >= 11 is 1.31. The molecule has 0 saturated carbocycles. The van der Waals surface area contributed by atoms with E-state index in [0.29, 0.717) is 5.13 Å². The molecule has 1 atom stereocenters. The lowest BCUT2D eigenvalue weighted by Crippen LogP contribution is -2.38. The Bertz CT molecular complexity index is 967. The molecule has 1 N–H and O–H groups in total. The minimum absolute atomic E-state index is 0.0949. The van der Waals surface area contributed by atoms with E-state index in [4.69, 9.17) is 4.74 Å². The highest BCUT2D eigenvalue weighted by atomic mass is 32.1. The standard InChI is InChI=1S/C20H19N3O2S/c1-12-8-9-14-16(10-12)25-15-7-5-4-6-13(15)17(14)20(2,3)18(24)22-19-23-21-11-26-19/h4-11,17H,1-3H3,(H,22,23,24). The molecule has 2 heterocycles. The Morgan fingerprint density at radius 1 is 1.15 bits per heavy atom. The predicted molar refractivity (Wildman–Crippen MR) is 102 cm³/mol. The minimum atomic E-state index is -0.713. The van der Waals surface area contributed by atoms with Crippen molar-refractivity contribution in [3.05, 3.63) is 64.7 Å². The van der Waals surface area contributed by atoms with Gasteiger partial charge in [0.05, 0.1) is 5.41 Å². The summed E-state index contributed by atoms with van der Waals surface area (Å²) in [5, 5.41) is 11.1. The van der Waals surface area contributed by atoms with Crippen LogP contribution in [0, 0.1) is 12.3 Å². The average Bonchev–Trinajstić information content (AvgIpc) is 3.12. The van der Waals surface area contributed by atoms with Crippen LogP contribution in [-0.4, -0.2) is 16.1 Å². The van der Waals surface area contributed by atoms with Gasteiger partial charge in [0.2, 0.25) is 11.0 Å². The first-order chi connectivity index (χ1) is 12.5. The van der Waals surface area contributed by atoms with E-state index in [1.165, 1.54) is 11.3 Å². The normalized spacial score (nSPS) is 15.6. The number of anilines is 1. The second-order valence-corrected chi connectivity index (χ2v) is 7.87. The fourth-order valence-electron chi connectivity index (χ4n) is 3.46. The second-order valence-electron chi connectivity index (χ2n) is 7.03. The van der Waals surface area contributed by atoms with Crippen LogP contribution in [0.25, 0.3) is 0 Å². The molecule has 0 saturated heterocycles. The highest BCUT2D eigenvalue weighted by molar-refractivity contribution is 7.13. The van der Waals surface area contributed by atoms with Gasteiger partial charge in [0.15, 0.2) is 0 Å². The monoisotopic (exact) mass is 365 g/mol. The van der Waals surface area contributed by atoms with Crippen molar-refractivity contribution in [3.8, 4) is 11.5 Å². The van der Waals surface area contributed by atoms with Crippen molar-refractivity contribution in [1.29, 1.82) is 0 Å². The molecule has 2 aromatic carbocycles. The zero-order chi connectivity index (χ0) is 18.3. The van der Waals surface area contributed by atoms with Crippen LogP contribution in [0.4, 0.5) is 5.13 Å². The Kier molecular flexibility index (Phi) is 4.00. The molecule has 5 nitrogen and oxygen atoms in total. The third-order valence-corrected chi connectivity index (χ3v) is 5.42. The van der Waals surface area contributed by atoms with Crippen molar-refractivity contribution in [2.75, 3.05) is 5.32 Å². The number of nitrogens with one attached hydrogen (secondary N) is 1. The second kappa shape index (κ2) is 6.21. The molecule has 26 heavy (non-hydrogen) atoms. The van der Waals surface area contributed by atoms with E-state index in [1.807, 2.05) is 51.1 Å². The Morgan fingerprint density at radius 3 is 2.69 bits per heavy atom. The van der Waals surface area contributed by atoms with Gasteiger partial charge in [-0.2, -0.15) is 0 Å². The van der Waals surface area contributed by atoms with Crippen molar-refractivity contribution in [1.82, 2.24) is 10.2 Å². The summed E-state index contributed by atoms with van der Waals surface area (Å²) in [7, 11) is 0. The van der Waals surface area contributed by atoms with Gasteiger partial charge in [-0.25, -0.2) is 0 Å². The summed E-state index contributed by atoms with van der Waals surface area (Å²) in [6, 6.07) is 14.1. The predicted octanol–water partition coefficient (Wildman–Crippen LogP) is 4.75. The number of hydrogen-bond acceptors (Lipinski definition) is 5. The van der Waals surface area contributed by atoms with E-state index in [2.05, 4.69) is 27.6 Å². The van der Waals surface area contributed by atoms with Gasteiger partial charge in [0.25, 0.3) is 0 Å². The van der Waals surface area contributed by atoms with Crippen LogP contribution in [0.3, 0.4) is 0 Å². The third kappa shape index (κ3) is 2.76. The zero-order valence-corrected chi connectivity index (χ0v) is 15.6. The van der Waals surface area contributed by atoms with Crippen LogP contribution in [0.1, 0.15) is 36.5 Å². The highest BCUT2D eigenvalue weighted by Gasteiger charge is 2.43. The summed E-state index contributed by atoms with van der Waals surface area (Å²) in [5.41, 5.74) is 4.05. The largest absolute Gasteiger partial charge is 0.457 e. The molecule has 132 valence electrons. The first-order valence-electron chi connectivity index (χ1n) is 8.42. The Labute approximate surface area is 156 Å². The van der Waals surface area contributed by atoms with E-state index in [0.717, 1.165) is 28.2 Å². The number of rotatable bonds is 3. The summed E-state index contributed by atoms with van der Waals surface area (Å²) in [6.07, 6.45) is 0. The number of benzene rings is 2. The molecule has 0 bridgehead atoms. The molecule has 0 fully saturated rings. The van der Waals surface area contributed by atoms with Gasteiger partial charge in [-0.3, -0.25) is 4.79 Å². The number of hydrogen-bond donors (Lipinski definition) is 1. The summed E-state index contributed by atoms with van der Waals surface area (Å²) < 4.78 is 6.12. The molecule has 1 aliphatic rings. The van der Waals surface area contributed by atoms with Crippen molar-refractivity contribution in [2.45, 2.75) is 26.7 Å². The lowest BCUT2D eigenvalue weighted by atomic mass is 9.69. The maximum Gasteiger partial charge on any atom is 0.232 e. The number of carbonyl (C=O) groups is 1. The van der Waals surface area contributed by atoms with E-state index < -0.39 is 5.41 Å². The van der Waals surface area contributed by atoms with Crippen molar-refractivity contribution in [2.24, 2.45) is 5.41 Å². The van der Waals surface area contributed by atoms with Crippen LogP contribution in [0.2, 0.25) is 0 Å². The van der Waals surface area contributed by atoms with Gasteiger partial charge in [-0.05, 0) is 24.6 Å². The molecule has 3 aromatic rings. The van der Waals surface area contributed by atoms with Crippen LogP contribution < -0.4 is 10.1 Å². The van der Waals surface area contributed by atoms with Crippen LogP contribution in [0.5, 0.6) is 11.5 Å². The molecule has 0 spiro atoms. The van der Waals surface area contributed by atoms with Gasteiger partial charge in [-0.1, -0.05) is 55.5 Å². The molecule has 6 heteroatoms. The molecule has 1 aromatic heterocycles. The van der Waals surface area contributed by atoms with Gasteiger partial charge >= 0.3 is 0 Å². The maximum absolute atomic E-state index is 13.1. The van der Waals surface area contributed by atoms with Crippen molar-refractivity contribution in [3.63, 3.8) is 0 Å². The van der Waals surface area contributed by atoms with Crippen LogP contribution in [-0.2, 0) is 4.79 Å². The number of nitrogens with zero attached hydrogens (tertiary/aromatic N) is 2. The van der Waals surface area contributed by atoms with E-state index >= 15 is 0 Å². The highest BCUT2D eigenvalue weighted by Crippen LogP contribution is 2.52. The molecule has 1 amide bonds. The minimum Gasteiger partial charge on any atom is -0.457 e. The molecular formula is C20H19N3O2S. The van der Waals surface area contributed by atoms with Gasteiger partial charge in [0.1, 0.15) is 17.0 Å². The molecule has 1 aliphatic heterocycles. The average molecular weight is 365 g/mol. The summed E-state index contributed by atoms with van der Waals surface area (Å²) in [6.45, 7) is 5.95. The molecular weight excluding hydrogens is 346 g/mol. The number of ether oxygens (including phenoxy) is 1. The Morgan fingerprint density at radius 2 is 1.92 bits per heavy atom. The number of para-hydroxylation sites is 1. The lowest BCUT2D eigenvalue weighted by Gasteiger charge is -2.38. The van der Waals surface area contributed by atoms with Crippen LogP contribution in [0.15, 0.2) is 48.0 Å². The summed E-state index contributed by atoms with van der Waals surface area (Å²) in [4.78, 5) is 13.1. The SMILES string of the molecule is Cc1ccc2c(c1)Oc1ccccc1C2C(C)(C)C(=O)Nc1nncs1. The van der Waals surface area contributed by atoms with E-state index in [-0.39, 0.29) is 11.8 Å². The zero-order valence-electron chi connectivity index (χ0n) is 14.8. The molecule has 4 rings (SSSR count). The maximum atomic E-state index is 13.1. The fraction of sp³-hybridized carbons (Fsp3) is 0.250. The molecule has 1 unspecified atom stereocenters. The summed E-state index contributed by atoms with van der Waals surface area (Å²) in [5.74, 6) is 1.39. The quantitative estimate of drug-likeness (QED) is 0.727. The van der Waals surface area contributed by atoms with Crippen molar-refractivity contribution >= 4 is 22.4 Å². The van der Waals surface area contributed by atoms with E-state index in [9.17, 15) is 4.79 Å². The number of carbonyl (C=O) groups excluding carboxylic acids is 1. The number of aryl methyl sites for hydroxylation is 1. The lowest BCUT2D eigenvalue weighted by molar-refractivity contribution is -0.124. The Balaban J connectivity index is 1.80. The third-order valence-electron chi connectivity index (χ3n) is 4.82. The first-order valence-corrected chi connectivity index (χ1v) is 9.30. The van der Waals surface area contributed by atoms with E-state index in [1.54, 1.807) is 5.51 Å². The first kappa shape index (κ1) is 16.7. The van der Waals surface area contributed by atoms with Crippen molar-refractivity contribution < 1.29 is 9.53 Å². The number of amides is 1. The van der Waals surface area contributed by atoms with Gasteiger partial charge in [-0.15, -0.1) is 10.2 Å². The molecule has 0 aliphatic carbocycles. The van der Waals surface area contributed by atoms with Gasteiger partial charge in [0, 0.05) is 17.0 Å². The number of aromatic nitrogens is 2.